The van der Waals surface area contributed by atoms with Crippen molar-refractivity contribution in [3.05, 3.63) is 176 Å². The predicted octanol–water partition coefficient (Wildman–Crippen LogP) is 13.9. The molecule has 10 aromatic rings. The second-order valence-electron chi connectivity index (χ2n) is 12.5. The third-order valence-electron chi connectivity index (χ3n) is 9.65. The summed E-state index contributed by atoms with van der Waals surface area (Å²) in [6.45, 7) is 0. The number of thiophene rings is 1. The van der Waals surface area contributed by atoms with Crippen molar-refractivity contribution in [2.45, 2.75) is 0 Å². The summed E-state index contributed by atoms with van der Waals surface area (Å²) in [6.07, 6.45) is 0. The average molecular weight is 644 g/mol. The van der Waals surface area contributed by atoms with E-state index in [4.69, 9.17) is 4.42 Å². The van der Waals surface area contributed by atoms with Crippen molar-refractivity contribution in [2.24, 2.45) is 0 Å². The average Bonchev–Trinajstić information content (AvgIpc) is 3.73. The van der Waals surface area contributed by atoms with Crippen molar-refractivity contribution in [1.82, 2.24) is 0 Å². The molecular formula is C46H29NOS. The van der Waals surface area contributed by atoms with Crippen LogP contribution in [0.3, 0.4) is 0 Å². The first-order valence-corrected chi connectivity index (χ1v) is 17.4. The first kappa shape index (κ1) is 27.9. The van der Waals surface area contributed by atoms with E-state index in [0.29, 0.717) is 0 Å². The summed E-state index contributed by atoms with van der Waals surface area (Å²) in [6, 6.07) is 63.3. The quantitative estimate of drug-likeness (QED) is 0.186. The fourth-order valence-corrected chi connectivity index (χ4v) is 8.48. The fraction of sp³-hybridized carbons (Fsp3) is 0. The van der Waals surface area contributed by atoms with Gasteiger partial charge in [0.1, 0.15) is 11.2 Å². The molecule has 0 bridgehead atoms. The van der Waals surface area contributed by atoms with Gasteiger partial charge in [-0.3, -0.25) is 0 Å². The minimum atomic E-state index is 0.905. The lowest BCUT2D eigenvalue weighted by Gasteiger charge is -2.27. The number of para-hydroxylation sites is 2. The highest BCUT2D eigenvalue weighted by molar-refractivity contribution is 7.25. The molecule has 0 N–H and O–H groups in total. The van der Waals surface area contributed by atoms with Crippen LogP contribution in [0, 0.1) is 0 Å². The van der Waals surface area contributed by atoms with Gasteiger partial charge in [-0.25, -0.2) is 0 Å². The molecule has 8 aromatic carbocycles. The first-order chi connectivity index (χ1) is 24.3. The van der Waals surface area contributed by atoms with E-state index in [2.05, 4.69) is 175 Å². The SMILES string of the molecule is c1ccc(-c2cc(N(c3ccc4ccccc4c3)c3ccc4c(c3)sc3ccccc34)ccc2-c2cccc3c2oc2ccccc23)cc1. The Bertz CT molecular complexity index is 2840. The maximum Gasteiger partial charge on any atom is 0.143 e. The number of rotatable bonds is 5. The largest absolute Gasteiger partial charge is 0.455 e. The third-order valence-corrected chi connectivity index (χ3v) is 10.8. The molecule has 0 unspecified atom stereocenters. The zero-order chi connectivity index (χ0) is 32.3. The maximum absolute atomic E-state index is 6.54. The molecule has 0 aliphatic heterocycles. The topological polar surface area (TPSA) is 16.4 Å². The van der Waals surface area contributed by atoms with Crippen molar-refractivity contribution in [1.29, 1.82) is 0 Å². The lowest BCUT2D eigenvalue weighted by Crippen LogP contribution is -2.10. The summed E-state index contributed by atoms with van der Waals surface area (Å²) < 4.78 is 9.13. The summed E-state index contributed by atoms with van der Waals surface area (Å²) in [4.78, 5) is 2.40. The summed E-state index contributed by atoms with van der Waals surface area (Å²) in [5.41, 5.74) is 9.69. The van der Waals surface area contributed by atoms with Crippen LogP contribution in [0.5, 0.6) is 0 Å². The van der Waals surface area contributed by atoms with Crippen LogP contribution in [0.25, 0.3) is 75.1 Å². The summed E-state index contributed by atoms with van der Waals surface area (Å²) in [5.74, 6) is 0. The van der Waals surface area contributed by atoms with Gasteiger partial charge in [-0.05, 0) is 76.0 Å². The molecule has 0 atom stereocenters. The Hall–Kier alpha value is -6.16. The summed E-state index contributed by atoms with van der Waals surface area (Å²) in [7, 11) is 0. The smallest absolute Gasteiger partial charge is 0.143 e. The number of nitrogens with zero attached hydrogens (tertiary/aromatic N) is 1. The van der Waals surface area contributed by atoms with Crippen LogP contribution >= 0.6 is 11.3 Å². The standard InChI is InChI=1S/C46H29NOS/c1-2-12-31(13-3-1)42-28-34(23-25-36(42)40-17-10-18-41-37-15-6-8-19-43(37)48-46(40)41)47(33-22-21-30-11-4-5-14-32(30)27-33)35-24-26-39-38-16-7-9-20-44(38)49-45(39)29-35/h1-29H. The molecule has 49 heavy (non-hydrogen) atoms. The van der Waals surface area contributed by atoms with Crippen LogP contribution in [-0.2, 0) is 0 Å². The van der Waals surface area contributed by atoms with Crippen LogP contribution < -0.4 is 4.90 Å². The fourth-order valence-electron chi connectivity index (χ4n) is 7.34. The van der Waals surface area contributed by atoms with Gasteiger partial charge in [0.2, 0.25) is 0 Å². The monoisotopic (exact) mass is 643 g/mol. The van der Waals surface area contributed by atoms with Gasteiger partial charge in [-0.2, -0.15) is 0 Å². The van der Waals surface area contributed by atoms with E-state index >= 15 is 0 Å². The number of fused-ring (bicyclic) bond motifs is 7. The predicted molar refractivity (Wildman–Crippen MR) is 210 cm³/mol. The molecule has 2 aromatic heterocycles. The van der Waals surface area contributed by atoms with Crippen LogP contribution in [0.4, 0.5) is 17.1 Å². The molecular weight excluding hydrogens is 615 g/mol. The molecule has 0 fully saturated rings. The first-order valence-electron chi connectivity index (χ1n) is 16.6. The number of hydrogen-bond acceptors (Lipinski definition) is 3. The normalized spacial score (nSPS) is 11.7. The van der Waals surface area contributed by atoms with Gasteiger partial charge in [0.15, 0.2) is 0 Å². The highest BCUT2D eigenvalue weighted by Gasteiger charge is 2.20. The van der Waals surface area contributed by atoms with Crippen molar-refractivity contribution in [3.8, 4) is 22.3 Å². The van der Waals surface area contributed by atoms with E-state index in [0.717, 1.165) is 61.3 Å². The molecule has 230 valence electrons. The molecule has 0 amide bonds. The van der Waals surface area contributed by atoms with E-state index in [1.807, 2.05) is 17.4 Å². The Morgan fingerprint density at radius 2 is 1.06 bits per heavy atom. The molecule has 2 heterocycles. The second kappa shape index (κ2) is 11.2. The number of furan rings is 1. The van der Waals surface area contributed by atoms with Crippen molar-refractivity contribution < 1.29 is 4.42 Å². The lowest BCUT2D eigenvalue weighted by molar-refractivity contribution is 0.670. The Morgan fingerprint density at radius 1 is 0.388 bits per heavy atom. The van der Waals surface area contributed by atoms with Crippen molar-refractivity contribution in [2.75, 3.05) is 4.90 Å². The minimum Gasteiger partial charge on any atom is -0.455 e. The lowest BCUT2D eigenvalue weighted by atomic mass is 9.92. The molecule has 0 aliphatic rings. The van der Waals surface area contributed by atoms with Gasteiger partial charge in [0.25, 0.3) is 0 Å². The van der Waals surface area contributed by atoms with Crippen LogP contribution in [0.2, 0.25) is 0 Å². The molecule has 3 heteroatoms. The molecule has 2 nitrogen and oxygen atoms in total. The van der Waals surface area contributed by atoms with Gasteiger partial charge in [0, 0.05) is 53.6 Å². The highest BCUT2D eigenvalue weighted by Crippen LogP contribution is 2.45. The Kier molecular flexibility index (Phi) is 6.39. The third kappa shape index (κ3) is 4.62. The van der Waals surface area contributed by atoms with E-state index in [-0.39, 0.29) is 0 Å². The van der Waals surface area contributed by atoms with E-state index in [1.165, 1.54) is 30.9 Å². The van der Waals surface area contributed by atoms with Crippen LogP contribution in [0.15, 0.2) is 180 Å². The molecule has 10 rings (SSSR count). The van der Waals surface area contributed by atoms with Gasteiger partial charge in [-0.15, -0.1) is 11.3 Å². The van der Waals surface area contributed by atoms with E-state index in [1.54, 1.807) is 0 Å². The van der Waals surface area contributed by atoms with Crippen LogP contribution in [-0.4, -0.2) is 0 Å². The summed E-state index contributed by atoms with van der Waals surface area (Å²) >= 11 is 1.85. The Balaban J connectivity index is 1.22. The van der Waals surface area contributed by atoms with Gasteiger partial charge in [-0.1, -0.05) is 127 Å². The molecule has 0 aliphatic carbocycles. The second-order valence-corrected chi connectivity index (χ2v) is 13.6. The number of hydrogen-bond donors (Lipinski definition) is 0. The maximum atomic E-state index is 6.54. The zero-order valence-corrected chi connectivity index (χ0v) is 27.3. The molecule has 0 saturated carbocycles. The minimum absolute atomic E-state index is 0.905. The van der Waals surface area contributed by atoms with Gasteiger partial charge >= 0.3 is 0 Å². The number of anilines is 3. The summed E-state index contributed by atoms with van der Waals surface area (Å²) in [5, 5.41) is 7.31. The van der Waals surface area contributed by atoms with E-state index in [9.17, 15) is 0 Å². The highest BCUT2D eigenvalue weighted by atomic mass is 32.1. The Labute approximate surface area is 287 Å². The molecule has 0 spiro atoms. The van der Waals surface area contributed by atoms with Crippen LogP contribution in [0.1, 0.15) is 0 Å². The number of benzene rings is 8. The van der Waals surface area contributed by atoms with Crippen molar-refractivity contribution in [3.63, 3.8) is 0 Å². The Morgan fingerprint density at radius 3 is 1.98 bits per heavy atom. The van der Waals surface area contributed by atoms with E-state index < -0.39 is 0 Å². The van der Waals surface area contributed by atoms with Gasteiger partial charge < -0.3 is 9.32 Å². The molecule has 0 saturated heterocycles. The molecule has 0 radical (unpaired) electrons. The van der Waals surface area contributed by atoms with Crippen molar-refractivity contribution >= 4 is 81.3 Å². The zero-order valence-electron chi connectivity index (χ0n) is 26.5. The van der Waals surface area contributed by atoms with Gasteiger partial charge in [0.05, 0.1) is 0 Å².